The molecule has 18 heavy (non-hydrogen) atoms. The molecule has 1 aromatic heterocycles. The quantitative estimate of drug-likeness (QED) is 0.597. The fourth-order valence-electron chi connectivity index (χ4n) is 1.30. The maximum atomic E-state index is 11.0. The molecular formula is C10H15ClN2O5. The summed E-state index contributed by atoms with van der Waals surface area (Å²) in [5.74, 6) is -0.365. The summed E-state index contributed by atoms with van der Waals surface area (Å²) in [5, 5.41) is 0. The van der Waals surface area contributed by atoms with Gasteiger partial charge in [-0.1, -0.05) is 13.8 Å². The van der Waals surface area contributed by atoms with Crippen LogP contribution in [-0.2, 0) is 12.8 Å². The molecule has 0 fully saturated rings. The van der Waals surface area contributed by atoms with Crippen LogP contribution in [0.2, 0.25) is 0 Å². The van der Waals surface area contributed by atoms with Crippen LogP contribution in [0.5, 0.6) is 0 Å². The van der Waals surface area contributed by atoms with Crippen LogP contribution in [0.3, 0.4) is 0 Å². The van der Waals surface area contributed by atoms with Gasteiger partial charge >= 0.3 is 0 Å². The topological polar surface area (TPSA) is 149 Å². The third-order valence-electron chi connectivity index (χ3n) is 2.09. The molecule has 0 aliphatic heterocycles. The van der Waals surface area contributed by atoms with E-state index in [9.17, 15) is 4.79 Å². The predicted molar refractivity (Wildman–Crippen MR) is 50.3 cm³/mol. The monoisotopic (exact) mass is 278 g/mol. The Kier molecular flexibility index (Phi) is 6.74. The summed E-state index contributed by atoms with van der Waals surface area (Å²) in [6, 6.07) is 3.69. The first-order valence-electron chi connectivity index (χ1n) is 5.14. The van der Waals surface area contributed by atoms with Gasteiger partial charge in [-0.15, -0.1) is 10.2 Å². The van der Waals surface area contributed by atoms with Gasteiger partial charge in [-0.3, -0.25) is 4.79 Å². The number of hydrogen-bond acceptors (Lipinski definition) is 5. The lowest BCUT2D eigenvalue weighted by atomic mass is 10.1. The Balaban J connectivity index is 0.000000494. The van der Waals surface area contributed by atoms with E-state index in [1.807, 2.05) is 13.0 Å². The average Bonchev–Trinajstić information content (AvgIpc) is 2.25. The molecule has 0 aromatic carbocycles. The fraction of sp³-hybridized carbons (Fsp3) is 0.400. The zero-order chi connectivity index (χ0) is 14.3. The fourth-order valence-corrected chi connectivity index (χ4v) is 1.30. The molecule has 102 valence electrons. The number of amides is 1. The lowest BCUT2D eigenvalue weighted by Crippen LogP contribution is -2.68. The maximum absolute atomic E-state index is 11.0. The summed E-state index contributed by atoms with van der Waals surface area (Å²) >= 11 is 0. The number of pyridine rings is 1. The number of carbonyl (C=O) groups is 1. The van der Waals surface area contributed by atoms with E-state index in [0.717, 1.165) is 24.2 Å². The molecule has 0 unspecified atom stereocenters. The van der Waals surface area contributed by atoms with Gasteiger partial charge in [-0.05, 0) is 6.07 Å². The SMILES string of the molecule is CCc1ccc(C(N)=O)c(CC)[nH+]1.[O-][Cl+3]([O-])([O-])[O-]. The van der Waals surface area contributed by atoms with E-state index >= 15 is 0 Å². The zero-order valence-corrected chi connectivity index (χ0v) is 10.8. The van der Waals surface area contributed by atoms with Crippen molar-refractivity contribution >= 4 is 5.91 Å². The van der Waals surface area contributed by atoms with Crippen molar-refractivity contribution in [3.05, 3.63) is 29.1 Å². The molecule has 3 N–H and O–H groups in total. The van der Waals surface area contributed by atoms with Gasteiger partial charge in [0.05, 0.1) is 0 Å². The average molecular weight is 279 g/mol. The van der Waals surface area contributed by atoms with E-state index in [-0.39, 0.29) is 5.91 Å². The highest BCUT2D eigenvalue weighted by Gasteiger charge is 2.13. The number of hydrogen-bond donors (Lipinski definition) is 1. The van der Waals surface area contributed by atoms with Crippen LogP contribution in [-0.4, -0.2) is 5.91 Å². The first-order chi connectivity index (χ1) is 8.19. The third-order valence-corrected chi connectivity index (χ3v) is 2.09. The minimum absolute atomic E-state index is 0.365. The lowest BCUT2D eigenvalue weighted by Gasteiger charge is -2.17. The standard InChI is InChI=1S/C10H14N2O.ClHO4/c1-3-7-5-6-8(10(11)13)9(4-2)12-7;2-1(3,4)5/h5-6H,3-4H2,1-2H3,(H2,11,13);(H,2,3,4,5). The van der Waals surface area contributed by atoms with Gasteiger partial charge in [0.2, 0.25) is 0 Å². The van der Waals surface area contributed by atoms with Crippen LogP contribution < -0.4 is 29.4 Å². The number of carbonyl (C=O) groups excluding carboxylic acids is 1. The molecule has 0 atom stereocenters. The number of nitrogens with two attached hydrogens (primary N) is 1. The molecule has 0 aliphatic carbocycles. The molecule has 1 amide bonds. The van der Waals surface area contributed by atoms with Gasteiger partial charge in [-0.2, -0.15) is 0 Å². The molecule has 0 aliphatic rings. The van der Waals surface area contributed by atoms with E-state index in [1.165, 1.54) is 0 Å². The van der Waals surface area contributed by atoms with E-state index in [4.69, 9.17) is 24.4 Å². The number of aromatic nitrogens is 1. The molecule has 0 bridgehead atoms. The number of aromatic amines is 1. The summed E-state index contributed by atoms with van der Waals surface area (Å²) < 4.78 is 34.0. The Hall–Kier alpha value is -1.25. The second kappa shape index (κ2) is 7.24. The zero-order valence-electron chi connectivity index (χ0n) is 10.1. The summed E-state index contributed by atoms with van der Waals surface area (Å²) in [6.45, 7) is 4.06. The van der Waals surface area contributed by atoms with Crippen LogP contribution in [0, 0.1) is 10.2 Å². The third kappa shape index (κ3) is 7.15. The number of rotatable bonds is 3. The van der Waals surface area contributed by atoms with Gasteiger partial charge in [0.1, 0.15) is 5.56 Å². The summed E-state index contributed by atoms with van der Waals surface area (Å²) in [4.78, 5) is 14.2. The minimum Gasteiger partial charge on any atom is -0.365 e. The van der Waals surface area contributed by atoms with Crippen molar-refractivity contribution in [1.82, 2.24) is 0 Å². The van der Waals surface area contributed by atoms with Crippen LogP contribution >= 0.6 is 0 Å². The predicted octanol–water partition coefficient (Wildman–Crippen LogP) is -4.03. The minimum atomic E-state index is -4.94. The summed E-state index contributed by atoms with van der Waals surface area (Å²) in [7, 11) is -4.94. The Morgan fingerprint density at radius 2 is 1.72 bits per heavy atom. The van der Waals surface area contributed by atoms with E-state index in [2.05, 4.69) is 11.9 Å². The first-order valence-corrected chi connectivity index (χ1v) is 6.38. The highest BCUT2D eigenvalue weighted by atomic mass is 35.7. The molecule has 7 nitrogen and oxygen atoms in total. The van der Waals surface area contributed by atoms with Gasteiger partial charge in [0.25, 0.3) is 5.91 Å². The van der Waals surface area contributed by atoms with Crippen molar-refractivity contribution < 1.29 is 38.7 Å². The molecule has 0 saturated heterocycles. The van der Waals surface area contributed by atoms with Gasteiger partial charge in [-0.25, -0.2) is 23.6 Å². The van der Waals surface area contributed by atoms with Crippen molar-refractivity contribution in [1.29, 1.82) is 0 Å². The van der Waals surface area contributed by atoms with Crippen molar-refractivity contribution in [3.8, 4) is 0 Å². The van der Waals surface area contributed by atoms with Crippen LogP contribution in [0.1, 0.15) is 35.6 Å². The van der Waals surface area contributed by atoms with Crippen molar-refractivity contribution in [2.24, 2.45) is 5.73 Å². The molecule has 1 heterocycles. The Morgan fingerprint density at radius 1 is 1.22 bits per heavy atom. The second-order valence-electron chi connectivity index (χ2n) is 3.33. The maximum Gasteiger partial charge on any atom is 0.255 e. The Morgan fingerprint density at radius 3 is 2.06 bits per heavy atom. The first kappa shape index (κ1) is 16.8. The number of primary amides is 1. The van der Waals surface area contributed by atoms with Gasteiger partial charge in [0, 0.05) is 18.9 Å². The normalized spacial score (nSPS) is 10.6. The lowest BCUT2D eigenvalue weighted by molar-refractivity contribution is -2.00. The largest absolute Gasteiger partial charge is 0.365 e. The van der Waals surface area contributed by atoms with Crippen molar-refractivity contribution in [2.75, 3.05) is 0 Å². The van der Waals surface area contributed by atoms with Crippen LogP contribution in [0.4, 0.5) is 0 Å². The van der Waals surface area contributed by atoms with E-state index in [0.29, 0.717) is 5.56 Å². The number of aryl methyl sites for hydroxylation is 2. The molecule has 1 aromatic rings. The van der Waals surface area contributed by atoms with Crippen molar-refractivity contribution in [2.45, 2.75) is 26.7 Å². The molecule has 0 saturated carbocycles. The molecule has 8 heteroatoms. The number of H-pyrrole nitrogens is 1. The van der Waals surface area contributed by atoms with Crippen molar-refractivity contribution in [3.63, 3.8) is 0 Å². The molecule has 1 rings (SSSR count). The summed E-state index contributed by atoms with van der Waals surface area (Å²) in [5.41, 5.74) is 7.87. The molecule has 0 spiro atoms. The van der Waals surface area contributed by atoms with E-state index < -0.39 is 10.2 Å². The second-order valence-corrected chi connectivity index (χ2v) is 4.08. The van der Waals surface area contributed by atoms with Gasteiger partial charge in [0.15, 0.2) is 11.4 Å². The Bertz CT molecular complexity index is 400. The number of nitrogens with one attached hydrogen (secondary N) is 1. The van der Waals surface area contributed by atoms with Crippen LogP contribution in [0.25, 0.3) is 0 Å². The molecular weight excluding hydrogens is 264 g/mol. The molecule has 0 radical (unpaired) electrons. The summed E-state index contributed by atoms with van der Waals surface area (Å²) in [6.07, 6.45) is 1.73. The Labute approximate surface area is 107 Å². The van der Waals surface area contributed by atoms with E-state index in [1.54, 1.807) is 6.07 Å². The van der Waals surface area contributed by atoms with Gasteiger partial charge < -0.3 is 5.73 Å². The smallest absolute Gasteiger partial charge is 0.255 e. The van der Waals surface area contributed by atoms with Crippen LogP contribution in [0.15, 0.2) is 12.1 Å². The highest BCUT2D eigenvalue weighted by Crippen LogP contribution is 2.04. The number of halogens is 1. The highest BCUT2D eigenvalue weighted by molar-refractivity contribution is 5.93.